The molecule has 0 unspecified atom stereocenters. The third kappa shape index (κ3) is 2.28. The number of benzene rings is 1. The number of aromatic amines is 1. The smallest absolute Gasteiger partial charge is 0.416 e. The van der Waals surface area contributed by atoms with E-state index in [2.05, 4.69) is 0 Å². The van der Waals surface area contributed by atoms with E-state index in [4.69, 9.17) is 5.11 Å². The first-order valence-corrected chi connectivity index (χ1v) is 4.87. The molecule has 0 aliphatic heterocycles. The largest absolute Gasteiger partial charge is 0.477 e. The Hall–Kier alpha value is -2.38. The highest BCUT2D eigenvalue weighted by atomic mass is 19.4. The summed E-state index contributed by atoms with van der Waals surface area (Å²) in [5.41, 5.74) is -3.58. The molecule has 19 heavy (non-hydrogen) atoms. The van der Waals surface area contributed by atoms with Crippen molar-refractivity contribution in [3.8, 4) is 0 Å². The quantitative estimate of drug-likeness (QED) is 0.785. The van der Waals surface area contributed by atoms with Gasteiger partial charge in [0.2, 0.25) is 0 Å². The van der Waals surface area contributed by atoms with Crippen molar-refractivity contribution in [3.05, 3.63) is 45.5 Å². The van der Waals surface area contributed by atoms with Crippen LogP contribution in [0.3, 0.4) is 0 Å². The molecular weight excluding hydrogens is 270 g/mol. The molecule has 0 atom stereocenters. The van der Waals surface area contributed by atoms with Crippen molar-refractivity contribution in [2.75, 3.05) is 0 Å². The lowest BCUT2D eigenvalue weighted by atomic mass is 10.1. The fourth-order valence-electron chi connectivity index (χ4n) is 1.60. The zero-order chi connectivity index (χ0) is 14.4. The SMILES string of the molecule is O=C(O)c1cc2cc(C(F)(F)F)cc(F)c2[nH]c1=O. The number of aromatic nitrogens is 1. The zero-order valence-electron chi connectivity index (χ0n) is 9.01. The number of rotatable bonds is 1. The van der Waals surface area contributed by atoms with Crippen LogP contribution in [-0.2, 0) is 6.18 Å². The molecule has 0 saturated heterocycles. The Bertz CT molecular complexity index is 733. The predicted octanol–water partition coefficient (Wildman–Crippen LogP) is 2.38. The summed E-state index contributed by atoms with van der Waals surface area (Å²) in [6, 6.07) is 1.51. The van der Waals surface area contributed by atoms with Gasteiger partial charge in [-0.25, -0.2) is 9.18 Å². The third-order valence-corrected chi connectivity index (χ3v) is 2.46. The molecule has 2 N–H and O–H groups in total. The molecule has 2 rings (SSSR count). The molecule has 4 nitrogen and oxygen atoms in total. The number of carboxylic acid groups (broad SMARTS) is 1. The molecule has 0 bridgehead atoms. The molecule has 0 aliphatic rings. The molecule has 100 valence electrons. The second-order valence-corrected chi connectivity index (χ2v) is 3.74. The Morgan fingerprint density at radius 3 is 2.37 bits per heavy atom. The van der Waals surface area contributed by atoms with E-state index in [-0.39, 0.29) is 11.5 Å². The van der Waals surface area contributed by atoms with Gasteiger partial charge >= 0.3 is 12.1 Å². The van der Waals surface area contributed by atoms with Crippen molar-refractivity contribution in [2.24, 2.45) is 0 Å². The third-order valence-electron chi connectivity index (χ3n) is 2.46. The van der Waals surface area contributed by atoms with Gasteiger partial charge in [-0.3, -0.25) is 4.79 Å². The maximum Gasteiger partial charge on any atom is 0.416 e. The number of fused-ring (bicyclic) bond motifs is 1. The monoisotopic (exact) mass is 275 g/mol. The van der Waals surface area contributed by atoms with Gasteiger partial charge in [-0.15, -0.1) is 0 Å². The lowest BCUT2D eigenvalue weighted by Gasteiger charge is -2.09. The van der Waals surface area contributed by atoms with Gasteiger partial charge < -0.3 is 10.1 Å². The number of aromatic carboxylic acids is 1. The van der Waals surface area contributed by atoms with E-state index in [1.54, 1.807) is 0 Å². The van der Waals surface area contributed by atoms with Crippen molar-refractivity contribution >= 4 is 16.9 Å². The first kappa shape index (κ1) is 13.1. The van der Waals surface area contributed by atoms with Crippen LogP contribution in [0, 0.1) is 5.82 Å². The number of H-pyrrole nitrogens is 1. The molecule has 0 aliphatic carbocycles. The number of alkyl halides is 3. The molecule has 2 aromatic rings. The molecule has 0 radical (unpaired) electrons. The maximum absolute atomic E-state index is 13.5. The van der Waals surface area contributed by atoms with Crippen LogP contribution >= 0.6 is 0 Å². The summed E-state index contributed by atoms with van der Waals surface area (Å²) in [4.78, 5) is 23.9. The summed E-state index contributed by atoms with van der Waals surface area (Å²) < 4.78 is 50.9. The Balaban J connectivity index is 2.83. The van der Waals surface area contributed by atoms with E-state index >= 15 is 0 Å². The fourth-order valence-corrected chi connectivity index (χ4v) is 1.60. The minimum Gasteiger partial charge on any atom is -0.477 e. The van der Waals surface area contributed by atoms with Gasteiger partial charge in [0.15, 0.2) is 0 Å². The lowest BCUT2D eigenvalue weighted by Crippen LogP contribution is -2.18. The number of halogens is 4. The van der Waals surface area contributed by atoms with E-state index in [0.717, 1.165) is 0 Å². The average molecular weight is 275 g/mol. The van der Waals surface area contributed by atoms with Gasteiger partial charge in [-0.05, 0) is 18.2 Å². The van der Waals surface area contributed by atoms with Crippen molar-refractivity contribution in [1.82, 2.24) is 4.98 Å². The lowest BCUT2D eigenvalue weighted by molar-refractivity contribution is -0.137. The van der Waals surface area contributed by atoms with Crippen LogP contribution in [0.4, 0.5) is 17.6 Å². The van der Waals surface area contributed by atoms with E-state index in [9.17, 15) is 27.2 Å². The summed E-state index contributed by atoms with van der Waals surface area (Å²) >= 11 is 0. The molecule has 1 aromatic carbocycles. The van der Waals surface area contributed by atoms with E-state index < -0.39 is 40.2 Å². The van der Waals surface area contributed by atoms with Crippen LogP contribution in [0.15, 0.2) is 23.0 Å². The molecule has 8 heteroatoms. The Morgan fingerprint density at radius 1 is 1.21 bits per heavy atom. The topological polar surface area (TPSA) is 70.2 Å². The van der Waals surface area contributed by atoms with Gasteiger partial charge in [0.05, 0.1) is 11.1 Å². The summed E-state index contributed by atoms with van der Waals surface area (Å²) in [6.07, 6.45) is -4.77. The summed E-state index contributed by atoms with van der Waals surface area (Å²) in [6.45, 7) is 0. The van der Waals surface area contributed by atoms with Crippen LogP contribution in [0.25, 0.3) is 10.9 Å². The Labute approximate surface area is 102 Å². The Morgan fingerprint density at radius 2 is 1.84 bits per heavy atom. The molecule has 1 aromatic heterocycles. The van der Waals surface area contributed by atoms with E-state index in [0.29, 0.717) is 12.1 Å². The number of hydrogen-bond acceptors (Lipinski definition) is 2. The first-order valence-electron chi connectivity index (χ1n) is 4.87. The summed E-state index contributed by atoms with van der Waals surface area (Å²) in [5.74, 6) is -2.89. The maximum atomic E-state index is 13.5. The molecule has 1 heterocycles. The molecule has 0 amide bonds. The highest BCUT2D eigenvalue weighted by Gasteiger charge is 2.31. The second-order valence-electron chi connectivity index (χ2n) is 3.74. The predicted molar refractivity (Wildman–Crippen MR) is 56.5 cm³/mol. The normalized spacial score (nSPS) is 11.8. The van der Waals surface area contributed by atoms with Crippen LogP contribution in [0.1, 0.15) is 15.9 Å². The van der Waals surface area contributed by atoms with Gasteiger partial charge in [0, 0.05) is 5.39 Å². The zero-order valence-corrected chi connectivity index (χ0v) is 9.01. The highest BCUT2D eigenvalue weighted by Crippen LogP contribution is 2.32. The van der Waals surface area contributed by atoms with Crippen molar-refractivity contribution in [1.29, 1.82) is 0 Å². The Kier molecular flexibility index (Phi) is 2.80. The molecule has 0 fully saturated rings. The highest BCUT2D eigenvalue weighted by molar-refractivity contribution is 5.92. The van der Waals surface area contributed by atoms with Gasteiger partial charge in [0.1, 0.15) is 11.4 Å². The minimum absolute atomic E-state index is 0.235. The molecular formula is C11H5F4NO3. The van der Waals surface area contributed by atoms with Crippen LogP contribution in [0.2, 0.25) is 0 Å². The van der Waals surface area contributed by atoms with Crippen LogP contribution < -0.4 is 5.56 Å². The molecule has 0 spiro atoms. The minimum atomic E-state index is -4.77. The van der Waals surface area contributed by atoms with E-state index in [1.165, 1.54) is 0 Å². The van der Waals surface area contributed by atoms with Gasteiger partial charge in [0.25, 0.3) is 5.56 Å². The number of nitrogens with one attached hydrogen (secondary N) is 1. The second kappa shape index (κ2) is 4.08. The standard InChI is InChI=1S/C11H5F4NO3/c12-7-3-5(11(13,14)15)1-4-2-6(10(18)19)9(17)16-8(4)7/h1-3H,(H,16,17)(H,18,19). The van der Waals surface area contributed by atoms with Crippen molar-refractivity contribution in [2.45, 2.75) is 6.18 Å². The van der Waals surface area contributed by atoms with Crippen LogP contribution in [0.5, 0.6) is 0 Å². The van der Waals surface area contributed by atoms with E-state index in [1.807, 2.05) is 4.98 Å². The van der Waals surface area contributed by atoms with Gasteiger partial charge in [-0.1, -0.05) is 0 Å². The number of hydrogen-bond donors (Lipinski definition) is 2. The fraction of sp³-hybridized carbons (Fsp3) is 0.0909. The number of carboxylic acids is 1. The summed E-state index contributed by atoms with van der Waals surface area (Å²) in [5, 5.41) is 8.34. The summed E-state index contributed by atoms with van der Waals surface area (Å²) in [7, 11) is 0. The van der Waals surface area contributed by atoms with Crippen LogP contribution in [-0.4, -0.2) is 16.1 Å². The van der Waals surface area contributed by atoms with Gasteiger partial charge in [-0.2, -0.15) is 13.2 Å². The van der Waals surface area contributed by atoms with Crippen molar-refractivity contribution < 1.29 is 27.5 Å². The molecule has 0 saturated carbocycles. The first-order chi connectivity index (χ1) is 8.70. The average Bonchev–Trinajstić information content (AvgIpc) is 2.27. The van der Waals surface area contributed by atoms with Crippen molar-refractivity contribution in [3.63, 3.8) is 0 Å². The number of carbonyl (C=O) groups is 1. The number of pyridine rings is 1.